The number of benzene rings is 1. The summed E-state index contributed by atoms with van der Waals surface area (Å²) in [5.74, 6) is 3.29. The molecule has 0 bridgehead atoms. The van der Waals surface area contributed by atoms with Crippen LogP contribution in [0.1, 0.15) is 44.8 Å². The van der Waals surface area contributed by atoms with Gasteiger partial charge in [-0.25, -0.2) is 0 Å². The number of rotatable bonds is 5. The fourth-order valence-electron chi connectivity index (χ4n) is 2.54. The average molecular weight is 286 g/mol. The van der Waals surface area contributed by atoms with Crippen molar-refractivity contribution in [1.29, 1.82) is 0 Å². The third-order valence-electron chi connectivity index (χ3n) is 3.95. The van der Waals surface area contributed by atoms with Gasteiger partial charge in [0.05, 0.1) is 12.2 Å². The Balaban J connectivity index is 1.82. The fraction of sp³-hybridized carbons (Fsp3) is 0.471. The van der Waals surface area contributed by atoms with Crippen molar-refractivity contribution >= 4 is 5.82 Å². The molecule has 0 unspecified atom stereocenters. The van der Waals surface area contributed by atoms with E-state index in [1.165, 1.54) is 6.42 Å². The number of aromatic nitrogens is 1. The van der Waals surface area contributed by atoms with E-state index in [0.717, 1.165) is 42.1 Å². The molecule has 112 valence electrons. The number of hydrogen-bond donors (Lipinski definition) is 1. The maximum absolute atomic E-state index is 5.99. The Hall–Kier alpha value is -1.97. The summed E-state index contributed by atoms with van der Waals surface area (Å²) in [6, 6.07) is 8.02. The molecule has 0 atom stereocenters. The van der Waals surface area contributed by atoms with Gasteiger partial charge in [-0.2, -0.15) is 0 Å². The van der Waals surface area contributed by atoms with E-state index in [-0.39, 0.29) is 0 Å². The third-order valence-corrected chi connectivity index (χ3v) is 3.95. The second kappa shape index (κ2) is 5.80. The fourth-order valence-corrected chi connectivity index (χ4v) is 2.54. The predicted octanol–water partition coefficient (Wildman–Crippen LogP) is 4.23. The van der Waals surface area contributed by atoms with Crippen LogP contribution in [0, 0.1) is 5.92 Å². The van der Waals surface area contributed by atoms with Crippen molar-refractivity contribution in [2.75, 3.05) is 12.3 Å². The van der Waals surface area contributed by atoms with E-state index in [1.54, 1.807) is 0 Å². The van der Waals surface area contributed by atoms with E-state index in [4.69, 9.17) is 15.0 Å². The van der Waals surface area contributed by atoms with E-state index in [1.807, 2.05) is 24.3 Å². The van der Waals surface area contributed by atoms with Crippen molar-refractivity contribution < 1.29 is 9.26 Å². The van der Waals surface area contributed by atoms with Crippen molar-refractivity contribution in [2.24, 2.45) is 5.92 Å². The lowest BCUT2D eigenvalue weighted by Gasteiger charge is -2.23. The molecular weight excluding hydrogens is 264 g/mol. The van der Waals surface area contributed by atoms with Gasteiger partial charge < -0.3 is 15.0 Å². The highest BCUT2D eigenvalue weighted by molar-refractivity contribution is 5.76. The molecule has 1 saturated carbocycles. The summed E-state index contributed by atoms with van der Waals surface area (Å²) in [5, 5.41) is 3.95. The van der Waals surface area contributed by atoms with Gasteiger partial charge in [-0.3, -0.25) is 0 Å². The largest absolute Gasteiger partial charge is 0.493 e. The van der Waals surface area contributed by atoms with Crippen LogP contribution >= 0.6 is 0 Å². The average Bonchev–Trinajstić information content (AvgIpc) is 2.77. The van der Waals surface area contributed by atoms with Gasteiger partial charge in [-0.1, -0.05) is 37.6 Å². The Kier molecular flexibility index (Phi) is 3.86. The lowest BCUT2D eigenvalue weighted by atomic mass is 9.81. The number of nitrogens with two attached hydrogens (primary N) is 1. The molecule has 1 aromatic carbocycles. The third kappa shape index (κ3) is 2.89. The van der Waals surface area contributed by atoms with E-state index in [9.17, 15) is 0 Å². The van der Waals surface area contributed by atoms with Gasteiger partial charge in [-0.05, 0) is 36.5 Å². The van der Waals surface area contributed by atoms with Crippen LogP contribution in [0.2, 0.25) is 0 Å². The lowest BCUT2D eigenvalue weighted by molar-refractivity contribution is 0.271. The molecule has 0 radical (unpaired) electrons. The molecule has 1 heterocycles. The summed E-state index contributed by atoms with van der Waals surface area (Å²) in [7, 11) is 0. The molecule has 0 spiro atoms. The van der Waals surface area contributed by atoms with Gasteiger partial charge in [0.1, 0.15) is 11.5 Å². The molecule has 1 aliphatic rings. The zero-order valence-electron chi connectivity index (χ0n) is 12.6. The molecule has 4 nitrogen and oxygen atoms in total. The summed E-state index contributed by atoms with van der Waals surface area (Å²) >= 11 is 0. The monoisotopic (exact) mass is 286 g/mol. The molecule has 1 aliphatic carbocycles. The first-order valence-electron chi connectivity index (χ1n) is 7.63. The van der Waals surface area contributed by atoms with E-state index < -0.39 is 0 Å². The second-order valence-electron chi connectivity index (χ2n) is 6.16. The minimum Gasteiger partial charge on any atom is -0.493 e. The highest BCUT2D eigenvalue weighted by Crippen LogP contribution is 2.43. The first-order valence-corrected chi connectivity index (χ1v) is 7.63. The molecule has 1 aromatic heterocycles. The molecule has 2 aromatic rings. The van der Waals surface area contributed by atoms with E-state index in [2.05, 4.69) is 19.0 Å². The number of hydrogen-bond acceptors (Lipinski definition) is 4. The molecule has 21 heavy (non-hydrogen) atoms. The maximum Gasteiger partial charge on any atom is 0.175 e. The van der Waals surface area contributed by atoms with E-state index in [0.29, 0.717) is 17.7 Å². The summed E-state index contributed by atoms with van der Waals surface area (Å²) < 4.78 is 11.2. The summed E-state index contributed by atoms with van der Waals surface area (Å²) in [6.07, 6.45) is 3.58. The van der Waals surface area contributed by atoms with Crippen molar-refractivity contribution in [1.82, 2.24) is 5.16 Å². The zero-order valence-corrected chi connectivity index (χ0v) is 12.6. The Bertz CT molecular complexity index is 598. The van der Waals surface area contributed by atoms with Crippen LogP contribution in [0.5, 0.6) is 5.75 Å². The maximum atomic E-state index is 5.99. The first kappa shape index (κ1) is 14.0. The van der Waals surface area contributed by atoms with Crippen molar-refractivity contribution in [3.05, 3.63) is 30.0 Å². The van der Waals surface area contributed by atoms with Gasteiger partial charge in [0.25, 0.3) is 0 Å². The first-order chi connectivity index (χ1) is 10.1. The quantitative estimate of drug-likeness (QED) is 0.893. The molecule has 0 saturated heterocycles. The SMILES string of the molecule is CC(C)COc1ccc(-c2c(N)noc2C2CCC2)cc1. The number of ether oxygens (including phenoxy) is 1. The molecule has 1 fully saturated rings. The van der Waals surface area contributed by atoms with Crippen LogP contribution in [0.25, 0.3) is 11.1 Å². The number of anilines is 1. The van der Waals surface area contributed by atoms with Crippen LogP contribution in [0.4, 0.5) is 5.82 Å². The normalized spacial score (nSPS) is 15.2. The van der Waals surface area contributed by atoms with Gasteiger partial charge >= 0.3 is 0 Å². The van der Waals surface area contributed by atoms with Crippen LogP contribution in [-0.4, -0.2) is 11.8 Å². The Morgan fingerprint density at radius 3 is 2.57 bits per heavy atom. The summed E-state index contributed by atoms with van der Waals surface area (Å²) in [5.41, 5.74) is 7.99. The molecule has 4 heteroatoms. The minimum atomic E-state index is 0.474. The van der Waals surface area contributed by atoms with Gasteiger partial charge in [0, 0.05) is 5.92 Å². The van der Waals surface area contributed by atoms with Crippen LogP contribution in [-0.2, 0) is 0 Å². The van der Waals surface area contributed by atoms with E-state index >= 15 is 0 Å². The topological polar surface area (TPSA) is 61.3 Å². The van der Waals surface area contributed by atoms with Crippen molar-refractivity contribution in [2.45, 2.75) is 39.0 Å². The Morgan fingerprint density at radius 1 is 1.29 bits per heavy atom. The Morgan fingerprint density at radius 2 is 2.00 bits per heavy atom. The molecule has 0 aliphatic heterocycles. The highest BCUT2D eigenvalue weighted by atomic mass is 16.5. The summed E-state index contributed by atoms with van der Waals surface area (Å²) in [6.45, 7) is 5.00. The summed E-state index contributed by atoms with van der Waals surface area (Å²) in [4.78, 5) is 0. The second-order valence-corrected chi connectivity index (χ2v) is 6.16. The lowest BCUT2D eigenvalue weighted by Crippen LogP contribution is -2.09. The highest BCUT2D eigenvalue weighted by Gasteiger charge is 2.28. The number of nitrogens with zero attached hydrogens (tertiary/aromatic N) is 1. The molecular formula is C17H22N2O2. The van der Waals surface area contributed by atoms with Crippen LogP contribution < -0.4 is 10.5 Å². The van der Waals surface area contributed by atoms with Gasteiger partial charge in [0.2, 0.25) is 0 Å². The minimum absolute atomic E-state index is 0.474. The Labute approximate surface area is 125 Å². The van der Waals surface area contributed by atoms with Crippen LogP contribution in [0.3, 0.4) is 0 Å². The van der Waals surface area contributed by atoms with Crippen LogP contribution in [0.15, 0.2) is 28.8 Å². The van der Waals surface area contributed by atoms with Crippen molar-refractivity contribution in [3.8, 4) is 16.9 Å². The smallest absolute Gasteiger partial charge is 0.175 e. The van der Waals surface area contributed by atoms with Gasteiger partial charge in [0.15, 0.2) is 5.82 Å². The van der Waals surface area contributed by atoms with Crippen molar-refractivity contribution in [3.63, 3.8) is 0 Å². The molecule has 2 N–H and O–H groups in total. The molecule has 3 rings (SSSR count). The predicted molar refractivity (Wildman–Crippen MR) is 83.3 cm³/mol. The standard InChI is InChI=1S/C17H22N2O2/c1-11(2)10-20-14-8-6-12(7-9-14)15-16(13-4-3-5-13)21-19-17(15)18/h6-9,11,13H,3-5,10H2,1-2H3,(H2,18,19). The number of nitrogen functional groups attached to an aromatic ring is 1. The van der Waals surface area contributed by atoms with Gasteiger partial charge in [-0.15, -0.1) is 0 Å². The zero-order chi connectivity index (χ0) is 14.8. The molecule has 0 amide bonds.